The summed E-state index contributed by atoms with van der Waals surface area (Å²) in [6.45, 7) is 4.35. The van der Waals surface area contributed by atoms with E-state index in [2.05, 4.69) is 20.7 Å². The molecule has 0 aliphatic carbocycles. The number of urea groups is 1. The van der Waals surface area contributed by atoms with Gasteiger partial charge < -0.3 is 10.6 Å². The van der Waals surface area contributed by atoms with E-state index in [0.717, 1.165) is 15.6 Å². The van der Waals surface area contributed by atoms with E-state index in [-0.39, 0.29) is 24.7 Å². The predicted molar refractivity (Wildman–Crippen MR) is 108 cm³/mol. The molecule has 0 bridgehead atoms. The van der Waals surface area contributed by atoms with Gasteiger partial charge in [0.25, 0.3) is 5.56 Å². The molecule has 140 valence electrons. The number of halogens is 1. The summed E-state index contributed by atoms with van der Waals surface area (Å²) in [5.41, 5.74) is 1.94. The van der Waals surface area contributed by atoms with Crippen molar-refractivity contribution in [1.29, 1.82) is 0 Å². The van der Waals surface area contributed by atoms with E-state index in [1.807, 2.05) is 13.8 Å². The normalized spacial score (nSPS) is 10.6. The van der Waals surface area contributed by atoms with Crippen molar-refractivity contribution < 1.29 is 4.79 Å². The maximum Gasteiger partial charge on any atom is 0.319 e. The molecular weight excluding hydrogens is 386 g/mol. The Labute approximate surface area is 165 Å². The van der Waals surface area contributed by atoms with Crippen LogP contribution in [0, 0.1) is 13.8 Å². The highest BCUT2D eigenvalue weighted by Crippen LogP contribution is 2.27. The van der Waals surface area contributed by atoms with Gasteiger partial charge in [-0.3, -0.25) is 4.79 Å². The molecule has 9 heteroatoms. The van der Waals surface area contributed by atoms with Crippen LogP contribution in [0.3, 0.4) is 0 Å². The highest BCUT2D eigenvalue weighted by atomic mass is 35.5. The van der Waals surface area contributed by atoms with E-state index in [1.165, 1.54) is 22.1 Å². The first-order chi connectivity index (χ1) is 12.9. The Hall–Kier alpha value is -2.71. The lowest BCUT2D eigenvalue weighted by atomic mass is 10.3. The molecule has 27 heavy (non-hydrogen) atoms. The van der Waals surface area contributed by atoms with Gasteiger partial charge in [-0.05, 0) is 38.1 Å². The molecule has 0 saturated heterocycles. The van der Waals surface area contributed by atoms with Crippen molar-refractivity contribution in [3.8, 4) is 10.6 Å². The number of benzene rings is 1. The van der Waals surface area contributed by atoms with Crippen molar-refractivity contribution in [3.05, 3.63) is 62.5 Å². The minimum Gasteiger partial charge on any atom is -0.336 e. The number of amides is 2. The molecule has 0 aliphatic heterocycles. The van der Waals surface area contributed by atoms with Gasteiger partial charge in [-0.1, -0.05) is 17.7 Å². The molecule has 2 N–H and O–H groups in total. The zero-order chi connectivity index (χ0) is 19.4. The SMILES string of the molecule is Cc1nc(C)c(-c2ccc(=O)n(CCNC(=O)Nc3cccc(Cl)c3)n2)s1. The molecule has 2 aromatic heterocycles. The van der Waals surface area contributed by atoms with E-state index < -0.39 is 0 Å². The van der Waals surface area contributed by atoms with Crippen LogP contribution in [0.2, 0.25) is 5.02 Å². The zero-order valence-electron chi connectivity index (χ0n) is 14.8. The van der Waals surface area contributed by atoms with Gasteiger partial charge in [-0.2, -0.15) is 5.10 Å². The van der Waals surface area contributed by atoms with Gasteiger partial charge in [0, 0.05) is 23.3 Å². The van der Waals surface area contributed by atoms with Gasteiger partial charge in [0.2, 0.25) is 0 Å². The molecule has 0 spiro atoms. The fourth-order valence-electron chi connectivity index (χ4n) is 2.52. The van der Waals surface area contributed by atoms with Crippen LogP contribution in [0.4, 0.5) is 10.5 Å². The molecule has 0 radical (unpaired) electrons. The summed E-state index contributed by atoms with van der Waals surface area (Å²) in [6.07, 6.45) is 0. The number of rotatable bonds is 5. The standard InChI is InChI=1S/C18H18ClN5O2S/c1-11-17(27-12(2)21-11)15-6-7-16(25)24(23-15)9-8-20-18(26)22-14-5-3-4-13(19)10-14/h3-7,10H,8-9H2,1-2H3,(H2,20,22,26). The third-order valence-corrected chi connectivity index (χ3v) is 5.02. The molecule has 0 unspecified atom stereocenters. The monoisotopic (exact) mass is 403 g/mol. The maximum atomic E-state index is 12.0. The number of aromatic nitrogens is 3. The molecule has 1 aromatic carbocycles. The van der Waals surface area contributed by atoms with E-state index in [9.17, 15) is 9.59 Å². The number of hydrogen-bond acceptors (Lipinski definition) is 5. The minimum absolute atomic E-state index is 0.227. The zero-order valence-corrected chi connectivity index (χ0v) is 16.4. The van der Waals surface area contributed by atoms with Crippen molar-refractivity contribution in [3.63, 3.8) is 0 Å². The molecule has 0 saturated carbocycles. The Balaban J connectivity index is 1.62. The van der Waals surface area contributed by atoms with Crippen LogP contribution in [-0.2, 0) is 6.54 Å². The second kappa shape index (κ2) is 8.32. The highest BCUT2D eigenvalue weighted by Gasteiger charge is 2.11. The van der Waals surface area contributed by atoms with Gasteiger partial charge in [0.05, 0.1) is 22.1 Å². The topological polar surface area (TPSA) is 88.9 Å². The third-order valence-electron chi connectivity index (χ3n) is 3.69. The van der Waals surface area contributed by atoms with Crippen molar-refractivity contribution in [2.24, 2.45) is 0 Å². The van der Waals surface area contributed by atoms with Crippen molar-refractivity contribution >= 4 is 34.7 Å². The number of anilines is 1. The van der Waals surface area contributed by atoms with Crippen LogP contribution in [0.15, 0.2) is 41.2 Å². The number of nitrogens with one attached hydrogen (secondary N) is 2. The molecule has 3 rings (SSSR count). The van der Waals surface area contributed by atoms with Crippen LogP contribution < -0.4 is 16.2 Å². The lowest BCUT2D eigenvalue weighted by molar-refractivity contribution is 0.251. The number of thiazole rings is 1. The van der Waals surface area contributed by atoms with Crippen molar-refractivity contribution in [2.75, 3.05) is 11.9 Å². The van der Waals surface area contributed by atoms with E-state index in [4.69, 9.17) is 11.6 Å². The van der Waals surface area contributed by atoms with Crippen LogP contribution in [0.1, 0.15) is 10.7 Å². The number of carbonyl (C=O) groups is 1. The molecule has 3 aromatic rings. The Morgan fingerprint density at radius 1 is 1.26 bits per heavy atom. The quantitative estimate of drug-likeness (QED) is 0.682. The largest absolute Gasteiger partial charge is 0.336 e. The van der Waals surface area contributed by atoms with Gasteiger partial charge in [0.1, 0.15) is 5.69 Å². The van der Waals surface area contributed by atoms with Crippen molar-refractivity contribution in [2.45, 2.75) is 20.4 Å². The summed E-state index contributed by atoms with van der Waals surface area (Å²) >= 11 is 7.42. The smallest absolute Gasteiger partial charge is 0.319 e. The van der Waals surface area contributed by atoms with Crippen LogP contribution in [0.25, 0.3) is 10.6 Å². The third kappa shape index (κ3) is 4.93. The Morgan fingerprint density at radius 2 is 2.07 bits per heavy atom. The molecule has 0 atom stereocenters. The van der Waals surface area contributed by atoms with Crippen LogP contribution in [-0.4, -0.2) is 27.3 Å². The van der Waals surface area contributed by atoms with Gasteiger partial charge in [-0.15, -0.1) is 11.3 Å². The Morgan fingerprint density at radius 3 is 2.78 bits per heavy atom. The molecule has 2 heterocycles. The predicted octanol–water partition coefficient (Wildman–Crippen LogP) is 3.46. The molecular formula is C18H18ClN5O2S. The lowest BCUT2D eigenvalue weighted by Gasteiger charge is -2.09. The molecule has 0 aliphatic rings. The van der Waals surface area contributed by atoms with Gasteiger partial charge in [0.15, 0.2) is 0 Å². The Bertz CT molecular complexity index is 1030. The first-order valence-electron chi connectivity index (χ1n) is 8.25. The number of hydrogen-bond donors (Lipinski definition) is 2. The fourth-order valence-corrected chi connectivity index (χ4v) is 3.59. The second-order valence-corrected chi connectivity index (χ2v) is 7.46. The first-order valence-corrected chi connectivity index (χ1v) is 9.45. The first kappa shape index (κ1) is 19.1. The summed E-state index contributed by atoms with van der Waals surface area (Å²) in [6, 6.07) is 9.64. The summed E-state index contributed by atoms with van der Waals surface area (Å²) in [4.78, 5) is 29.3. The fraction of sp³-hybridized carbons (Fsp3) is 0.222. The second-order valence-electron chi connectivity index (χ2n) is 5.82. The molecule has 0 fully saturated rings. The van der Waals surface area contributed by atoms with E-state index in [1.54, 1.807) is 30.3 Å². The number of nitrogens with zero attached hydrogens (tertiary/aromatic N) is 3. The van der Waals surface area contributed by atoms with E-state index in [0.29, 0.717) is 16.4 Å². The van der Waals surface area contributed by atoms with Gasteiger partial charge >= 0.3 is 6.03 Å². The lowest BCUT2D eigenvalue weighted by Crippen LogP contribution is -2.34. The number of carbonyl (C=O) groups excluding carboxylic acids is 1. The average Bonchev–Trinajstić information content (AvgIpc) is 2.95. The van der Waals surface area contributed by atoms with Gasteiger partial charge in [-0.25, -0.2) is 14.5 Å². The van der Waals surface area contributed by atoms with Crippen LogP contribution >= 0.6 is 22.9 Å². The maximum absolute atomic E-state index is 12.0. The van der Waals surface area contributed by atoms with E-state index >= 15 is 0 Å². The minimum atomic E-state index is -0.379. The Kier molecular flexibility index (Phi) is 5.88. The van der Waals surface area contributed by atoms with Crippen molar-refractivity contribution in [1.82, 2.24) is 20.1 Å². The summed E-state index contributed by atoms with van der Waals surface area (Å²) in [5, 5.41) is 11.3. The highest BCUT2D eigenvalue weighted by molar-refractivity contribution is 7.15. The van der Waals surface area contributed by atoms with Crippen LogP contribution in [0.5, 0.6) is 0 Å². The summed E-state index contributed by atoms with van der Waals surface area (Å²) < 4.78 is 1.34. The molecule has 2 amide bonds. The summed E-state index contributed by atoms with van der Waals surface area (Å²) in [7, 11) is 0. The molecule has 7 nitrogen and oxygen atoms in total. The number of aryl methyl sites for hydroxylation is 2. The average molecular weight is 404 g/mol. The summed E-state index contributed by atoms with van der Waals surface area (Å²) in [5.74, 6) is 0.